The molecule has 3 N–H and O–H groups in total. The molecule has 2 fully saturated rings. The third kappa shape index (κ3) is 6.60. The lowest BCUT2D eigenvalue weighted by molar-refractivity contribution is 0.0137. The van der Waals surface area contributed by atoms with Gasteiger partial charge in [-0.15, -0.1) is 0 Å². The predicted molar refractivity (Wildman–Crippen MR) is 149 cm³/mol. The number of halogens is 2. The number of thioether (sulfide) groups is 1. The molecule has 1 aliphatic heterocycles. The van der Waals surface area contributed by atoms with Crippen molar-refractivity contribution in [3.8, 4) is 0 Å². The molecule has 0 radical (unpaired) electrons. The SMILES string of the molecule is CC[C@H]1CN(c2cc(SNC3(C)CC3)cn3c(C(=N)SC(=N)C(F)F)ncc23)CCN1C(=O)OC(C)(C)C. The number of imidazole rings is 1. The van der Waals surface area contributed by atoms with Gasteiger partial charge in [0.1, 0.15) is 15.7 Å². The number of anilines is 1. The maximum absolute atomic E-state index is 13.0. The van der Waals surface area contributed by atoms with E-state index < -0.39 is 17.1 Å². The fourth-order valence-corrected chi connectivity index (χ4v) is 5.64. The topological polar surface area (TPSA) is 110 Å². The summed E-state index contributed by atoms with van der Waals surface area (Å²) in [6.45, 7) is 11.4. The van der Waals surface area contributed by atoms with Gasteiger partial charge in [0.15, 0.2) is 5.82 Å². The summed E-state index contributed by atoms with van der Waals surface area (Å²) in [4.78, 5) is 22.1. The number of hydrogen-bond donors (Lipinski definition) is 3. The third-order valence-corrected chi connectivity index (χ3v) is 8.38. The Labute approximate surface area is 230 Å². The van der Waals surface area contributed by atoms with Gasteiger partial charge in [0.05, 0.1) is 23.4 Å². The van der Waals surface area contributed by atoms with Crippen LogP contribution in [0, 0.1) is 10.8 Å². The first-order valence-electron chi connectivity index (χ1n) is 12.6. The molecule has 0 aromatic carbocycles. The smallest absolute Gasteiger partial charge is 0.410 e. The molecule has 1 aliphatic carbocycles. The maximum atomic E-state index is 13.0. The normalized spacial score (nSPS) is 19.2. The Bertz CT molecular complexity index is 1230. The van der Waals surface area contributed by atoms with Gasteiger partial charge >= 0.3 is 6.09 Å². The first kappa shape index (κ1) is 28.6. The first-order valence-corrected chi connectivity index (χ1v) is 14.3. The zero-order chi connectivity index (χ0) is 27.8. The molecule has 3 heterocycles. The fourth-order valence-electron chi connectivity index (χ4n) is 4.19. The summed E-state index contributed by atoms with van der Waals surface area (Å²) in [6.07, 6.45) is 3.15. The standard InChI is InChI=1S/C25H35F2N7O2S2/c1-6-15-13-32(9-10-33(15)23(35)36-24(2,3)4)17-11-16(38-31-25(5)7-8-25)14-34-18(17)12-30-22(34)21(29)37-20(28)19(26)27/h11-12,14-15,19,28-29,31H,6-10,13H2,1-5H3/t15-/m0/s1. The van der Waals surface area contributed by atoms with E-state index in [0.717, 1.165) is 35.4 Å². The lowest BCUT2D eigenvalue weighted by Crippen LogP contribution is -2.56. The van der Waals surface area contributed by atoms with Gasteiger partial charge in [-0.05, 0) is 76.7 Å². The zero-order valence-corrected chi connectivity index (χ0v) is 23.9. The van der Waals surface area contributed by atoms with Gasteiger partial charge in [-0.2, -0.15) is 0 Å². The van der Waals surface area contributed by atoms with Crippen molar-refractivity contribution < 1.29 is 18.3 Å². The molecule has 1 amide bonds. The molecule has 2 aliphatic rings. The molecule has 0 spiro atoms. The second-order valence-electron chi connectivity index (χ2n) is 10.9. The van der Waals surface area contributed by atoms with E-state index in [1.165, 1.54) is 11.9 Å². The molecule has 2 aromatic heterocycles. The molecule has 208 valence electrons. The number of aromatic nitrogens is 2. The molecule has 38 heavy (non-hydrogen) atoms. The van der Waals surface area contributed by atoms with Crippen molar-refractivity contribution in [3.05, 3.63) is 24.3 Å². The van der Waals surface area contributed by atoms with E-state index in [9.17, 15) is 13.6 Å². The van der Waals surface area contributed by atoms with E-state index in [-0.39, 0.29) is 28.5 Å². The molecule has 9 nitrogen and oxygen atoms in total. The summed E-state index contributed by atoms with van der Waals surface area (Å²) >= 11 is 1.90. The Morgan fingerprint density at radius 3 is 2.63 bits per heavy atom. The molecule has 1 saturated carbocycles. The van der Waals surface area contributed by atoms with Crippen LogP contribution in [0.4, 0.5) is 19.3 Å². The van der Waals surface area contributed by atoms with Gasteiger partial charge in [-0.25, -0.2) is 18.6 Å². The van der Waals surface area contributed by atoms with Gasteiger partial charge in [0.2, 0.25) is 0 Å². The highest BCUT2D eigenvalue weighted by molar-refractivity contribution is 8.26. The Hall–Kier alpha value is -2.38. The van der Waals surface area contributed by atoms with Crippen molar-refractivity contribution in [2.45, 2.75) is 82.4 Å². The highest BCUT2D eigenvalue weighted by atomic mass is 32.2. The number of pyridine rings is 1. The number of ether oxygens (including phenoxy) is 1. The summed E-state index contributed by atoms with van der Waals surface area (Å²) in [7, 11) is 0. The quantitative estimate of drug-likeness (QED) is 0.226. The summed E-state index contributed by atoms with van der Waals surface area (Å²) < 4.78 is 36.8. The van der Waals surface area contributed by atoms with Crippen molar-refractivity contribution in [1.82, 2.24) is 19.0 Å². The lowest BCUT2D eigenvalue weighted by Gasteiger charge is -2.42. The number of hydrogen-bond acceptors (Lipinski definition) is 9. The summed E-state index contributed by atoms with van der Waals surface area (Å²) in [5, 5.41) is 14.8. The molecule has 1 atom stereocenters. The van der Waals surface area contributed by atoms with Gasteiger partial charge in [0, 0.05) is 36.3 Å². The molecular formula is C25H35F2N7O2S2. The van der Waals surface area contributed by atoms with E-state index in [4.69, 9.17) is 15.6 Å². The van der Waals surface area contributed by atoms with Crippen LogP contribution in [0.1, 0.15) is 59.7 Å². The van der Waals surface area contributed by atoms with E-state index in [2.05, 4.69) is 27.6 Å². The van der Waals surface area contributed by atoms with Gasteiger partial charge in [-0.3, -0.25) is 19.9 Å². The average Bonchev–Trinajstić information content (AvgIpc) is 3.43. The van der Waals surface area contributed by atoms with Crippen LogP contribution >= 0.6 is 23.7 Å². The van der Waals surface area contributed by atoms with Crippen LogP contribution in [0.3, 0.4) is 0 Å². The number of carbonyl (C=O) groups is 1. The van der Waals surface area contributed by atoms with E-state index in [1.54, 1.807) is 15.5 Å². The van der Waals surface area contributed by atoms with Crippen molar-refractivity contribution in [1.29, 1.82) is 10.8 Å². The monoisotopic (exact) mass is 567 g/mol. The molecular weight excluding hydrogens is 532 g/mol. The summed E-state index contributed by atoms with van der Waals surface area (Å²) in [5.41, 5.74) is 1.13. The van der Waals surface area contributed by atoms with Crippen LogP contribution in [-0.4, -0.2) is 73.7 Å². The average molecular weight is 568 g/mol. The fraction of sp³-hybridized carbons (Fsp3) is 0.600. The minimum Gasteiger partial charge on any atom is -0.444 e. The number of alkyl halides is 2. The van der Waals surface area contributed by atoms with Crippen LogP contribution in [0.2, 0.25) is 0 Å². The van der Waals surface area contributed by atoms with Crippen LogP contribution in [0.15, 0.2) is 23.4 Å². The number of fused-ring (bicyclic) bond motifs is 1. The van der Waals surface area contributed by atoms with E-state index >= 15 is 0 Å². The summed E-state index contributed by atoms with van der Waals surface area (Å²) in [5.74, 6) is 0.205. The molecule has 4 rings (SSSR count). The number of amides is 1. The predicted octanol–water partition coefficient (Wildman–Crippen LogP) is 5.62. The van der Waals surface area contributed by atoms with Gasteiger partial charge in [0.25, 0.3) is 6.43 Å². The van der Waals surface area contributed by atoms with Gasteiger partial charge in [-0.1, -0.05) is 6.92 Å². The van der Waals surface area contributed by atoms with E-state index in [1.807, 2.05) is 33.9 Å². The van der Waals surface area contributed by atoms with Crippen molar-refractivity contribution in [2.75, 3.05) is 24.5 Å². The number of nitrogens with zero attached hydrogens (tertiary/aromatic N) is 4. The number of piperazine rings is 1. The minimum absolute atomic E-state index is 0.0544. The highest BCUT2D eigenvalue weighted by Crippen LogP contribution is 2.39. The third-order valence-electron chi connectivity index (χ3n) is 6.55. The van der Waals surface area contributed by atoms with Crippen LogP contribution < -0.4 is 9.62 Å². The minimum atomic E-state index is -2.94. The lowest BCUT2D eigenvalue weighted by atomic mass is 10.1. The van der Waals surface area contributed by atoms with Crippen molar-refractivity contribution in [2.24, 2.45) is 0 Å². The number of carbonyl (C=O) groups excluding carboxylic acids is 1. The Morgan fingerprint density at radius 1 is 1.32 bits per heavy atom. The molecule has 0 unspecified atom stereocenters. The van der Waals surface area contributed by atoms with Crippen molar-refractivity contribution >= 4 is 51.1 Å². The Balaban J connectivity index is 1.65. The Morgan fingerprint density at radius 2 is 2.03 bits per heavy atom. The molecule has 0 bridgehead atoms. The van der Waals surface area contributed by atoms with E-state index in [0.29, 0.717) is 31.4 Å². The number of nitrogens with one attached hydrogen (secondary N) is 3. The van der Waals surface area contributed by atoms with Crippen LogP contribution in [-0.2, 0) is 4.74 Å². The molecule has 2 aromatic rings. The maximum Gasteiger partial charge on any atom is 0.410 e. The highest BCUT2D eigenvalue weighted by Gasteiger charge is 2.37. The number of rotatable bonds is 7. The first-order chi connectivity index (χ1) is 17.8. The zero-order valence-electron chi connectivity index (χ0n) is 22.3. The van der Waals surface area contributed by atoms with Crippen molar-refractivity contribution in [3.63, 3.8) is 0 Å². The molecule has 13 heteroatoms. The Kier molecular flexibility index (Phi) is 8.29. The summed E-state index contributed by atoms with van der Waals surface area (Å²) in [6, 6.07) is 2.01. The van der Waals surface area contributed by atoms with Crippen LogP contribution in [0.5, 0.6) is 0 Å². The second kappa shape index (κ2) is 11.0. The van der Waals surface area contributed by atoms with Gasteiger partial charge < -0.3 is 14.5 Å². The largest absolute Gasteiger partial charge is 0.444 e. The second-order valence-corrected chi connectivity index (χ2v) is 12.9. The van der Waals surface area contributed by atoms with Crippen LogP contribution in [0.25, 0.3) is 5.52 Å². The molecule has 1 saturated heterocycles.